The van der Waals surface area contributed by atoms with Crippen LogP contribution in [0.4, 0.5) is 0 Å². The first-order valence-electron chi connectivity index (χ1n) is 8.33. The van der Waals surface area contributed by atoms with Crippen LogP contribution in [0.25, 0.3) is 16.9 Å². The lowest BCUT2D eigenvalue weighted by atomic mass is 10.0. The summed E-state index contributed by atoms with van der Waals surface area (Å²) in [5.41, 5.74) is 1.04. The molecule has 3 aromatic rings. The van der Waals surface area contributed by atoms with Gasteiger partial charge in [0.25, 0.3) is 5.56 Å². The first-order chi connectivity index (χ1) is 12.5. The van der Waals surface area contributed by atoms with Crippen molar-refractivity contribution in [3.05, 3.63) is 52.6 Å². The zero-order valence-electron chi connectivity index (χ0n) is 14.6. The molecule has 0 amide bonds. The molecule has 8 heteroatoms. The highest BCUT2D eigenvalue weighted by atomic mass is 32.2. The predicted octanol–water partition coefficient (Wildman–Crippen LogP) is 2.04. The standard InChI is InChI=1S/C18H19N5O2S/c1-4-9-22-16(24)12-10-19-17(26-3)21-15(12)23(22)13-6-5-11-7-8-18(2,25)14(11)20-13/h4-6,10,25H,1,7-9H2,2-3H3. The van der Waals surface area contributed by atoms with Gasteiger partial charge in [-0.05, 0) is 37.7 Å². The molecule has 3 aromatic heterocycles. The fourth-order valence-electron chi connectivity index (χ4n) is 3.39. The smallest absolute Gasteiger partial charge is 0.278 e. The third-order valence-electron chi connectivity index (χ3n) is 4.71. The van der Waals surface area contributed by atoms with Crippen LogP contribution in [0.3, 0.4) is 0 Å². The number of aromatic nitrogens is 5. The van der Waals surface area contributed by atoms with E-state index in [1.165, 1.54) is 16.4 Å². The van der Waals surface area contributed by atoms with Crippen molar-refractivity contribution in [1.29, 1.82) is 0 Å². The maximum Gasteiger partial charge on any atom is 0.278 e. The van der Waals surface area contributed by atoms with Crippen molar-refractivity contribution in [1.82, 2.24) is 24.3 Å². The van der Waals surface area contributed by atoms with Crippen LogP contribution in [0, 0.1) is 0 Å². The molecule has 1 N–H and O–H groups in total. The lowest BCUT2D eigenvalue weighted by molar-refractivity contribution is 0.0553. The number of aryl methyl sites for hydroxylation is 1. The van der Waals surface area contributed by atoms with Gasteiger partial charge in [-0.1, -0.05) is 23.9 Å². The topological polar surface area (TPSA) is 85.8 Å². The van der Waals surface area contributed by atoms with E-state index < -0.39 is 5.60 Å². The van der Waals surface area contributed by atoms with Gasteiger partial charge in [0.05, 0.1) is 12.2 Å². The molecule has 0 bridgehead atoms. The Morgan fingerprint density at radius 1 is 1.42 bits per heavy atom. The van der Waals surface area contributed by atoms with E-state index in [0.717, 1.165) is 12.0 Å². The van der Waals surface area contributed by atoms with Gasteiger partial charge in [-0.25, -0.2) is 24.3 Å². The Bertz CT molecular complexity index is 1080. The molecule has 0 aliphatic heterocycles. The molecule has 0 fully saturated rings. The number of thioether (sulfide) groups is 1. The molecule has 0 spiro atoms. The molecule has 7 nitrogen and oxygen atoms in total. The number of hydrogen-bond donors (Lipinski definition) is 1. The monoisotopic (exact) mass is 369 g/mol. The molecule has 1 atom stereocenters. The molecule has 0 saturated carbocycles. The molecule has 1 aliphatic rings. The van der Waals surface area contributed by atoms with E-state index in [1.807, 2.05) is 18.4 Å². The molecule has 1 unspecified atom stereocenters. The van der Waals surface area contributed by atoms with Crippen molar-refractivity contribution < 1.29 is 5.11 Å². The Labute approximate surface area is 154 Å². The summed E-state index contributed by atoms with van der Waals surface area (Å²) in [6.45, 7) is 5.83. The minimum absolute atomic E-state index is 0.193. The second kappa shape index (κ2) is 6.07. The Morgan fingerprint density at radius 2 is 2.23 bits per heavy atom. The summed E-state index contributed by atoms with van der Waals surface area (Å²) >= 11 is 1.41. The molecule has 1 aliphatic carbocycles. The SMILES string of the molecule is C=CCn1c(=O)c2cnc(SC)nc2n1-c1ccc2c(n1)C(C)(O)CC2. The zero-order chi connectivity index (χ0) is 18.5. The summed E-state index contributed by atoms with van der Waals surface area (Å²) in [7, 11) is 0. The third kappa shape index (κ3) is 2.48. The lowest BCUT2D eigenvalue weighted by Gasteiger charge is -2.18. The van der Waals surface area contributed by atoms with Crippen molar-refractivity contribution in [3.63, 3.8) is 0 Å². The number of aliphatic hydroxyl groups is 1. The minimum Gasteiger partial charge on any atom is -0.384 e. The number of allylic oxidation sites excluding steroid dienone is 1. The van der Waals surface area contributed by atoms with Gasteiger partial charge in [0.1, 0.15) is 11.0 Å². The van der Waals surface area contributed by atoms with Gasteiger partial charge in [0.15, 0.2) is 16.6 Å². The molecule has 0 radical (unpaired) electrons. The zero-order valence-corrected chi connectivity index (χ0v) is 15.5. The highest BCUT2D eigenvalue weighted by Gasteiger charge is 2.34. The van der Waals surface area contributed by atoms with Crippen LogP contribution in [-0.4, -0.2) is 35.7 Å². The Morgan fingerprint density at radius 3 is 2.96 bits per heavy atom. The van der Waals surface area contributed by atoms with Crippen molar-refractivity contribution in [2.24, 2.45) is 0 Å². The van der Waals surface area contributed by atoms with E-state index in [0.29, 0.717) is 40.7 Å². The largest absolute Gasteiger partial charge is 0.384 e. The van der Waals surface area contributed by atoms with E-state index in [-0.39, 0.29) is 5.56 Å². The van der Waals surface area contributed by atoms with Crippen LogP contribution in [-0.2, 0) is 18.6 Å². The van der Waals surface area contributed by atoms with Gasteiger partial charge in [-0.3, -0.25) is 4.79 Å². The molecular weight excluding hydrogens is 350 g/mol. The summed E-state index contributed by atoms with van der Waals surface area (Å²) in [6, 6.07) is 3.82. The average molecular weight is 369 g/mol. The van der Waals surface area contributed by atoms with Crippen LogP contribution in [0.5, 0.6) is 0 Å². The Hall–Kier alpha value is -2.45. The molecule has 134 valence electrons. The van der Waals surface area contributed by atoms with Crippen LogP contribution in [0.2, 0.25) is 0 Å². The quantitative estimate of drug-likeness (QED) is 0.430. The molecule has 3 heterocycles. The van der Waals surface area contributed by atoms with Gasteiger partial charge in [-0.2, -0.15) is 0 Å². The van der Waals surface area contributed by atoms with Gasteiger partial charge in [0, 0.05) is 6.20 Å². The summed E-state index contributed by atoms with van der Waals surface area (Å²) in [6.07, 6.45) is 6.53. The number of rotatable bonds is 4. The molecule has 26 heavy (non-hydrogen) atoms. The average Bonchev–Trinajstić information content (AvgIpc) is 3.09. The van der Waals surface area contributed by atoms with Crippen LogP contribution < -0.4 is 5.56 Å². The van der Waals surface area contributed by atoms with Crippen LogP contribution in [0.15, 0.2) is 40.9 Å². The lowest BCUT2D eigenvalue weighted by Crippen LogP contribution is -2.24. The van der Waals surface area contributed by atoms with Crippen molar-refractivity contribution in [3.8, 4) is 5.82 Å². The second-order valence-corrected chi connectivity index (χ2v) is 7.31. The van der Waals surface area contributed by atoms with Crippen molar-refractivity contribution in [2.45, 2.75) is 37.1 Å². The van der Waals surface area contributed by atoms with Crippen molar-refractivity contribution in [2.75, 3.05) is 6.26 Å². The molecular formula is C18H19N5O2S. The maximum absolute atomic E-state index is 12.8. The van der Waals surface area contributed by atoms with E-state index in [2.05, 4.69) is 21.5 Å². The fourth-order valence-corrected chi connectivity index (χ4v) is 3.73. The van der Waals surface area contributed by atoms with E-state index in [1.54, 1.807) is 23.9 Å². The Kier molecular flexibility index (Phi) is 3.96. The second-order valence-electron chi connectivity index (χ2n) is 6.53. The van der Waals surface area contributed by atoms with Gasteiger partial charge in [0.2, 0.25) is 0 Å². The van der Waals surface area contributed by atoms with E-state index >= 15 is 0 Å². The number of nitrogens with zero attached hydrogens (tertiary/aromatic N) is 5. The highest BCUT2D eigenvalue weighted by molar-refractivity contribution is 7.98. The van der Waals surface area contributed by atoms with Crippen LogP contribution in [0.1, 0.15) is 24.6 Å². The maximum atomic E-state index is 12.8. The third-order valence-corrected chi connectivity index (χ3v) is 5.27. The first kappa shape index (κ1) is 17.0. The van der Waals surface area contributed by atoms with Gasteiger partial charge in [-0.15, -0.1) is 6.58 Å². The molecule has 0 saturated heterocycles. The first-order valence-corrected chi connectivity index (χ1v) is 9.55. The normalized spacial score (nSPS) is 19.0. The van der Waals surface area contributed by atoms with E-state index in [4.69, 9.17) is 0 Å². The summed E-state index contributed by atoms with van der Waals surface area (Å²) in [5.74, 6) is 0.547. The summed E-state index contributed by atoms with van der Waals surface area (Å²) in [4.78, 5) is 26.2. The van der Waals surface area contributed by atoms with Gasteiger partial charge < -0.3 is 5.11 Å². The highest BCUT2D eigenvalue weighted by Crippen LogP contribution is 2.35. The number of fused-ring (bicyclic) bond motifs is 2. The van der Waals surface area contributed by atoms with Crippen LogP contribution >= 0.6 is 11.8 Å². The molecule has 0 aromatic carbocycles. The number of pyridine rings is 1. The summed E-state index contributed by atoms with van der Waals surface area (Å²) in [5, 5.41) is 11.6. The summed E-state index contributed by atoms with van der Waals surface area (Å²) < 4.78 is 3.23. The molecule has 4 rings (SSSR count). The minimum atomic E-state index is -0.961. The number of hydrogen-bond acceptors (Lipinski definition) is 6. The van der Waals surface area contributed by atoms with Crippen molar-refractivity contribution >= 4 is 22.8 Å². The van der Waals surface area contributed by atoms with E-state index in [9.17, 15) is 9.90 Å². The Balaban J connectivity index is 2.03. The predicted molar refractivity (Wildman–Crippen MR) is 101 cm³/mol. The van der Waals surface area contributed by atoms with Gasteiger partial charge >= 0.3 is 0 Å². The fraction of sp³-hybridized carbons (Fsp3) is 0.333.